The molecule has 0 aromatic heterocycles. The fourth-order valence-corrected chi connectivity index (χ4v) is 1.94. The van der Waals surface area contributed by atoms with Crippen LogP contribution in [0.4, 0.5) is 4.79 Å². The second kappa shape index (κ2) is 7.71. The Kier molecular flexibility index (Phi) is 6.24. The molecule has 0 bridgehead atoms. The van der Waals surface area contributed by atoms with E-state index in [0.29, 0.717) is 17.1 Å². The van der Waals surface area contributed by atoms with E-state index in [1.807, 2.05) is 0 Å². The molecule has 0 aliphatic rings. The SMILES string of the molecule is COc1ccc([C@@H](CC(=O)[O-])NC(=O)OC(C)(C)C)cc1OC. The minimum Gasteiger partial charge on any atom is -0.550 e. The van der Waals surface area contributed by atoms with Crippen LogP contribution in [-0.4, -0.2) is 31.9 Å². The molecule has 0 aliphatic heterocycles. The van der Waals surface area contributed by atoms with Crippen LogP contribution in [0.2, 0.25) is 0 Å². The molecule has 0 radical (unpaired) electrons. The summed E-state index contributed by atoms with van der Waals surface area (Å²) in [6, 6.07) is 4.07. The Morgan fingerprint density at radius 1 is 1.17 bits per heavy atom. The summed E-state index contributed by atoms with van der Waals surface area (Å²) in [5.41, 5.74) is -0.147. The first-order valence-corrected chi connectivity index (χ1v) is 7.07. The normalized spacial score (nSPS) is 12.2. The molecule has 0 saturated heterocycles. The molecule has 1 N–H and O–H groups in total. The van der Waals surface area contributed by atoms with E-state index in [0.717, 1.165) is 0 Å². The highest BCUT2D eigenvalue weighted by Gasteiger charge is 2.21. The summed E-state index contributed by atoms with van der Waals surface area (Å²) in [6.07, 6.45) is -1.10. The van der Waals surface area contributed by atoms with Crippen LogP contribution in [0.25, 0.3) is 0 Å². The lowest BCUT2D eigenvalue weighted by Gasteiger charge is -2.24. The highest BCUT2D eigenvalue weighted by Crippen LogP contribution is 2.31. The lowest BCUT2D eigenvalue weighted by molar-refractivity contribution is -0.306. The first-order valence-electron chi connectivity index (χ1n) is 7.07. The van der Waals surface area contributed by atoms with Gasteiger partial charge in [0.1, 0.15) is 5.60 Å². The number of hydrogen-bond acceptors (Lipinski definition) is 6. The lowest BCUT2D eigenvalue weighted by atomic mass is 10.0. The zero-order chi connectivity index (χ0) is 17.6. The maximum Gasteiger partial charge on any atom is 0.408 e. The van der Waals surface area contributed by atoms with Gasteiger partial charge in [0.2, 0.25) is 0 Å². The molecule has 0 fully saturated rings. The van der Waals surface area contributed by atoms with Crippen molar-refractivity contribution in [2.24, 2.45) is 0 Å². The molecule has 1 aromatic rings. The summed E-state index contributed by atoms with van der Waals surface area (Å²) in [5, 5.41) is 13.5. The van der Waals surface area contributed by atoms with Gasteiger partial charge in [0.05, 0.1) is 20.3 Å². The quantitative estimate of drug-likeness (QED) is 0.850. The minimum absolute atomic E-state index is 0.394. The van der Waals surface area contributed by atoms with Crippen molar-refractivity contribution in [3.63, 3.8) is 0 Å². The van der Waals surface area contributed by atoms with Crippen molar-refractivity contribution >= 4 is 12.1 Å². The molecule has 0 heterocycles. The summed E-state index contributed by atoms with van der Waals surface area (Å²) < 4.78 is 15.5. The van der Waals surface area contributed by atoms with Crippen molar-refractivity contribution in [2.45, 2.75) is 38.8 Å². The number of ether oxygens (including phenoxy) is 3. The number of carbonyl (C=O) groups is 2. The largest absolute Gasteiger partial charge is 0.550 e. The van der Waals surface area contributed by atoms with Gasteiger partial charge in [-0.05, 0) is 38.5 Å². The fraction of sp³-hybridized carbons (Fsp3) is 0.500. The molecule has 0 saturated carbocycles. The summed E-state index contributed by atoms with van der Waals surface area (Å²) in [5.74, 6) is -0.360. The Labute approximate surface area is 135 Å². The minimum atomic E-state index is -1.29. The van der Waals surface area contributed by atoms with Crippen LogP contribution < -0.4 is 19.9 Å². The number of hydrogen-bond donors (Lipinski definition) is 1. The fourth-order valence-electron chi connectivity index (χ4n) is 1.94. The summed E-state index contributed by atoms with van der Waals surface area (Å²) in [7, 11) is 2.96. The highest BCUT2D eigenvalue weighted by molar-refractivity contribution is 5.71. The average molecular weight is 324 g/mol. The summed E-state index contributed by atoms with van der Waals surface area (Å²) in [4.78, 5) is 22.9. The molecule has 1 aromatic carbocycles. The standard InChI is InChI=1S/C16H23NO6/c1-16(2,3)23-15(20)17-11(9-14(18)19)10-6-7-12(21-4)13(8-10)22-5/h6-8,11H,9H2,1-5H3,(H,17,20)(H,18,19)/p-1/t11-/m1/s1. The molecular weight excluding hydrogens is 302 g/mol. The Hall–Kier alpha value is -2.44. The number of carboxylic acids is 1. The van der Waals surface area contributed by atoms with Crippen molar-refractivity contribution in [3.05, 3.63) is 23.8 Å². The van der Waals surface area contributed by atoms with E-state index in [2.05, 4.69) is 5.32 Å². The molecule has 7 nitrogen and oxygen atoms in total. The third kappa shape index (κ3) is 6.06. The van der Waals surface area contributed by atoms with Crippen LogP contribution in [-0.2, 0) is 9.53 Å². The van der Waals surface area contributed by atoms with E-state index < -0.39 is 30.1 Å². The number of carbonyl (C=O) groups excluding carboxylic acids is 2. The first-order chi connectivity index (χ1) is 10.7. The van der Waals surface area contributed by atoms with Gasteiger partial charge in [-0.1, -0.05) is 6.07 Å². The molecular formula is C16H22NO6-. The van der Waals surface area contributed by atoms with Gasteiger partial charge in [-0.25, -0.2) is 4.79 Å². The van der Waals surface area contributed by atoms with Gasteiger partial charge in [-0.3, -0.25) is 0 Å². The number of nitrogens with one attached hydrogen (secondary N) is 1. The Morgan fingerprint density at radius 3 is 2.26 bits per heavy atom. The Morgan fingerprint density at radius 2 is 1.78 bits per heavy atom. The van der Waals surface area contributed by atoms with Gasteiger partial charge in [0, 0.05) is 12.4 Å². The van der Waals surface area contributed by atoms with E-state index in [-0.39, 0.29) is 0 Å². The second-order valence-electron chi connectivity index (χ2n) is 5.89. The predicted octanol–water partition coefficient (Wildman–Crippen LogP) is 1.41. The molecule has 23 heavy (non-hydrogen) atoms. The zero-order valence-electron chi connectivity index (χ0n) is 14.0. The van der Waals surface area contributed by atoms with Crippen molar-refractivity contribution in [1.29, 1.82) is 0 Å². The number of rotatable bonds is 6. The summed E-state index contributed by atoms with van der Waals surface area (Å²) in [6.45, 7) is 5.16. The van der Waals surface area contributed by atoms with Crippen LogP contribution in [0, 0.1) is 0 Å². The third-order valence-electron chi connectivity index (χ3n) is 2.87. The average Bonchev–Trinajstić information content (AvgIpc) is 2.43. The lowest BCUT2D eigenvalue weighted by Crippen LogP contribution is -2.37. The highest BCUT2D eigenvalue weighted by atomic mass is 16.6. The number of carboxylic acid groups (broad SMARTS) is 1. The van der Waals surface area contributed by atoms with Crippen LogP contribution in [0.15, 0.2) is 18.2 Å². The van der Waals surface area contributed by atoms with E-state index in [4.69, 9.17) is 14.2 Å². The van der Waals surface area contributed by atoms with E-state index >= 15 is 0 Å². The monoisotopic (exact) mass is 324 g/mol. The van der Waals surface area contributed by atoms with Gasteiger partial charge < -0.3 is 29.4 Å². The maximum atomic E-state index is 11.9. The molecule has 0 unspecified atom stereocenters. The smallest absolute Gasteiger partial charge is 0.408 e. The van der Waals surface area contributed by atoms with Gasteiger partial charge in [0.15, 0.2) is 11.5 Å². The molecule has 1 rings (SSSR count). The van der Waals surface area contributed by atoms with Crippen molar-refractivity contribution < 1.29 is 28.9 Å². The summed E-state index contributed by atoms with van der Waals surface area (Å²) >= 11 is 0. The number of alkyl carbamates (subject to hydrolysis) is 1. The van der Waals surface area contributed by atoms with Gasteiger partial charge >= 0.3 is 6.09 Å². The Bertz CT molecular complexity index is 564. The van der Waals surface area contributed by atoms with E-state index in [1.165, 1.54) is 14.2 Å². The second-order valence-corrected chi connectivity index (χ2v) is 5.89. The van der Waals surface area contributed by atoms with Gasteiger partial charge in [0.25, 0.3) is 0 Å². The maximum absolute atomic E-state index is 11.9. The number of methoxy groups -OCH3 is 2. The van der Waals surface area contributed by atoms with Crippen molar-refractivity contribution in [3.8, 4) is 11.5 Å². The van der Waals surface area contributed by atoms with Gasteiger partial charge in [-0.15, -0.1) is 0 Å². The topological polar surface area (TPSA) is 96.9 Å². The zero-order valence-corrected chi connectivity index (χ0v) is 14.0. The van der Waals surface area contributed by atoms with E-state index in [9.17, 15) is 14.7 Å². The Balaban J connectivity index is 3.02. The number of aliphatic carboxylic acids is 1. The van der Waals surface area contributed by atoms with Gasteiger partial charge in [-0.2, -0.15) is 0 Å². The van der Waals surface area contributed by atoms with Crippen LogP contribution >= 0.6 is 0 Å². The molecule has 7 heteroatoms. The van der Waals surface area contributed by atoms with Crippen LogP contribution in [0.3, 0.4) is 0 Å². The predicted molar refractivity (Wildman–Crippen MR) is 81.3 cm³/mol. The van der Waals surface area contributed by atoms with E-state index in [1.54, 1.807) is 39.0 Å². The number of benzene rings is 1. The van der Waals surface area contributed by atoms with Crippen LogP contribution in [0.1, 0.15) is 38.8 Å². The molecule has 1 atom stereocenters. The van der Waals surface area contributed by atoms with Crippen molar-refractivity contribution in [1.82, 2.24) is 5.32 Å². The molecule has 0 aliphatic carbocycles. The number of amides is 1. The molecule has 1 amide bonds. The first kappa shape index (κ1) is 18.6. The molecule has 0 spiro atoms. The van der Waals surface area contributed by atoms with Crippen molar-refractivity contribution in [2.75, 3.05) is 14.2 Å². The molecule has 128 valence electrons. The van der Waals surface area contributed by atoms with Crippen LogP contribution in [0.5, 0.6) is 11.5 Å². The third-order valence-corrected chi connectivity index (χ3v) is 2.87.